The molecule has 7 rings (SSSR count). The van der Waals surface area contributed by atoms with Crippen molar-refractivity contribution < 1.29 is 50.6 Å². The molecule has 5 aliphatic rings. The van der Waals surface area contributed by atoms with Gasteiger partial charge in [0.25, 0.3) is 5.91 Å². The molecule has 15 nitrogen and oxygen atoms in total. The van der Waals surface area contributed by atoms with Gasteiger partial charge in [-0.1, -0.05) is 52.7 Å². The van der Waals surface area contributed by atoms with Gasteiger partial charge in [0, 0.05) is 17.9 Å². The number of hydrogen-bond donors (Lipinski definition) is 3. The molecule has 60 heavy (non-hydrogen) atoms. The summed E-state index contributed by atoms with van der Waals surface area (Å²) in [6.07, 6.45) is 4.49. The SMILES string of the molecule is CCC1C2CN(C(=O)C(C(C)(C)C)NC(=O)OC3CCC=CC3CCCCCc3nc4ccc(OC)cc4nc3O2)C1C(=O)NC1(C(=O)NS(=O)(=O)C2CC2)CC1C(F)F. The van der Waals surface area contributed by atoms with E-state index in [1.165, 1.54) is 12.0 Å². The minimum absolute atomic E-state index is 0.0255. The number of carbonyl (C=O) groups excluding carboxylic acids is 4. The highest BCUT2D eigenvalue weighted by Crippen LogP contribution is 2.49. The summed E-state index contributed by atoms with van der Waals surface area (Å²) in [6, 6.07) is 2.69. The Morgan fingerprint density at radius 3 is 2.48 bits per heavy atom. The van der Waals surface area contributed by atoms with Crippen LogP contribution in [0, 0.1) is 23.2 Å². The number of ether oxygens (including phenoxy) is 3. The minimum atomic E-state index is -4.15. The van der Waals surface area contributed by atoms with E-state index < -0.39 is 99.0 Å². The van der Waals surface area contributed by atoms with Gasteiger partial charge in [0.2, 0.25) is 34.1 Å². The summed E-state index contributed by atoms with van der Waals surface area (Å²) in [5, 5.41) is 4.49. The second-order valence-electron chi connectivity index (χ2n) is 17.9. The zero-order valence-corrected chi connectivity index (χ0v) is 35.6. The van der Waals surface area contributed by atoms with E-state index in [0.717, 1.165) is 32.1 Å². The second kappa shape index (κ2) is 17.0. The van der Waals surface area contributed by atoms with E-state index in [9.17, 15) is 36.4 Å². The number of sulfonamides is 1. The fourth-order valence-corrected chi connectivity index (χ4v) is 10.3. The predicted octanol–water partition coefficient (Wildman–Crippen LogP) is 4.96. The van der Waals surface area contributed by atoms with Gasteiger partial charge in [0.05, 0.1) is 35.9 Å². The maximum Gasteiger partial charge on any atom is 0.408 e. The summed E-state index contributed by atoms with van der Waals surface area (Å²) in [7, 11) is -2.62. The Hall–Kier alpha value is -4.61. The second-order valence-corrected chi connectivity index (χ2v) is 19.9. The standard InChI is InChI=1S/C42H56F2N6O9S/c1-6-26-32-22-50(33(26)36(51)48-42(21-27(42)35(43)44)39(53)49-60(55,56)25-17-18-25)38(52)34(41(2,3)4)47-40(54)59-31-15-11-10-13-23(31)12-8-7-9-14-29-37(58-32)46-30-20-24(57-5)16-19-28(30)45-29/h10,13,16,19-20,23,25-27,31-35H,6-9,11-12,14-15,17-18,21-22H2,1-5H3,(H,47,54)(H,48,51)(H,49,53). The van der Waals surface area contributed by atoms with Crippen molar-refractivity contribution in [3.05, 3.63) is 36.0 Å². The van der Waals surface area contributed by atoms with Crippen molar-refractivity contribution in [1.29, 1.82) is 0 Å². The van der Waals surface area contributed by atoms with E-state index in [-0.39, 0.29) is 24.8 Å². The Kier molecular flexibility index (Phi) is 12.3. The molecule has 3 aliphatic carbocycles. The molecule has 2 aromatic rings. The Labute approximate surface area is 349 Å². The van der Waals surface area contributed by atoms with Crippen LogP contribution in [0.5, 0.6) is 11.6 Å². The molecule has 1 aromatic carbocycles. The first-order valence-corrected chi connectivity index (χ1v) is 22.6. The molecule has 3 N–H and O–H groups in total. The first-order chi connectivity index (χ1) is 28.4. The summed E-state index contributed by atoms with van der Waals surface area (Å²) >= 11 is 0. The molecule has 328 valence electrons. The smallest absolute Gasteiger partial charge is 0.408 e. The Bertz CT molecular complexity index is 2130. The van der Waals surface area contributed by atoms with Gasteiger partial charge >= 0.3 is 6.09 Å². The molecule has 0 spiro atoms. The number of halogens is 2. The quantitative estimate of drug-likeness (QED) is 0.304. The van der Waals surface area contributed by atoms with Gasteiger partial charge < -0.3 is 29.7 Å². The predicted molar refractivity (Wildman–Crippen MR) is 216 cm³/mol. The zero-order valence-electron chi connectivity index (χ0n) is 34.7. The number of carbonyl (C=O) groups is 4. The van der Waals surface area contributed by atoms with Crippen molar-refractivity contribution in [3.63, 3.8) is 0 Å². The van der Waals surface area contributed by atoms with Gasteiger partial charge in [-0.05, 0) is 75.3 Å². The van der Waals surface area contributed by atoms with Crippen molar-refractivity contribution in [1.82, 2.24) is 30.2 Å². The van der Waals surface area contributed by atoms with Gasteiger partial charge in [0.15, 0.2) is 0 Å². The number of alkyl halides is 2. The number of fused-ring (bicyclic) bond motifs is 5. The van der Waals surface area contributed by atoms with E-state index in [2.05, 4.69) is 22.8 Å². The number of amides is 4. The summed E-state index contributed by atoms with van der Waals surface area (Å²) in [5.41, 5.74) is -1.46. The fourth-order valence-electron chi connectivity index (χ4n) is 8.91. The van der Waals surface area contributed by atoms with Crippen molar-refractivity contribution >= 4 is 44.9 Å². The minimum Gasteiger partial charge on any atom is -0.497 e. The van der Waals surface area contributed by atoms with Gasteiger partial charge in [-0.25, -0.2) is 32.0 Å². The average Bonchev–Trinajstić information content (AvgIpc) is 4.13. The number of aromatic nitrogens is 2. The molecule has 1 saturated heterocycles. The number of methoxy groups -OCH3 is 1. The summed E-state index contributed by atoms with van der Waals surface area (Å²) < 4.78 is 74.4. The molecule has 8 atom stereocenters. The topological polar surface area (TPSA) is 195 Å². The third-order valence-electron chi connectivity index (χ3n) is 12.6. The number of nitrogens with one attached hydrogen (secondary N) is 3. The van der Waals surface area contributed by atoms with Crippen LogP contribution in [0.3, 0.4) is 0 Å². The van der Waals surface area contributed by atoms with E-state index in [0.29, 0.717) is 48.2 Å². The highest BCUT2D eigenvalue weighted by atomic mass is 32.2. The number of aryl methyl sites for hydroxylation is 1. The van der Waals surface area contributed by atoms with Crippen LogP contribution >= 0.6 is 0 Å². The van der Waals surface area contributed by atoms with Crippen LogP contribution in [-0.2, 0) is 35.6 Å². The number of hydrogen-bond acceptors (Lipinski definition) is 11. The van der Waals surface area contributed by atoms with E-state index in [1.807, 2.05) is 4.72 Å². The van der Waals surface area contributed by atoms with Crippen LogP contribution in [0.25, 0.3) is 11.0 Å². The third kappa shape index (κ3) is 9.03. The molecule has 3 fully saturated rings. The first kappa shape index (κ1) is 43.5. The van der Waals surface area contributed by atoms with Gasteiger partial charge in [-0.2, -0.15) is 0 Å². The lowest BCUT2D eigenvalue weighted by atomic mass is 9.85. The van der Waals surface area contributed by atoms with Crippen molar-refractivity contribution in [3.8, 4) is 11.6 Å². The molecule has 3 heterocycles. The lowest BCUT2D eigenvalue weighted by Crippen LogP contribution is -2.61. The molecule has 8 unspecified atom stereocenters. The van der Waals surface area contributed by atoms with Crippen LogP contribution in [0.2, 0.25) is 0 Å². The Balaban J connectivity index is 1.28. The van der Waals surface area contributed by atoms with E-state index in [1.54, 1.807) is 45.9 Å². The summed E-state index contributed by atoms with van der Waals surface area (Å²) in [4.78, 5) is 68.1. The average molecular weight is 859 g/mol. The van der Waals surface area contributed by atoms with Gasteiger partial charge in [0.1, 0.15) is 41.3 Å². The highest BCUT2D eigenvalue weighted by Gasteiger charge is 2.67. The molecular formula is C42H56F2N6O9S. The summed E-state index contributed by atoms with van der Waals surface area (Å²) in [5.74, 6) is -4.55. The van der Waals surface area contributed by atoms with Crippen molar-refractivity contribution in [2.75, 3.05) is 13.7 Å². The number of rotatable bonds is 8. The number of alkyl carbamates (subject to hydrolysis) is 1. The fraction of sp³-hybridized carbons (Fsp3) is 0.667. The largest absolute Gasteiger partial charge is 0.497 e. The normalized spacial score (nSPS) is 30.2. The lowest BCUT2D eigenvalue weighted by Gasteiger charge is -2.36. The third-order valence-corrected chi connectivity index (χ3v) is 14.4. The lowest BCUT2D eigenvalue weighted by molar-refractivity contribution is -0.144. The van der Waals surface area contributed by atoms with Crippen LogP contribution in [0.1, 0.15) is 97.6 Å². The molecular weight excluding hydrogens is 803 g/mol. The van der Waals surface area contributed by atoms with Crippen LogP contribution < -0.4 is 24.8 Å². The first-order valence-electron chi connectivity index (χ1n) is 21.1. The maximum atomic E-state index is 15.0. The molecule has 4 amide bonds. The van der Waals surface area contributed by atoms with Crippen LogP contribution in [-0.4, -0.2) is 102 Å². The number of nitrogens with zero attached hydrogens (tertiary/aromatic N) is 3. The molecule has 1 aromatic heterocycles. The number of allylic oxidation sites excluding steroid dienone is 1. The van der Waals surface area contributed by atoms with Crippen LogP contribution in [0.15, 0.2) is 30.4 Å². The van der Waals surface area contributed by atoms with Gasteiger partial charge in [-0.15, -0.1) is 0 Å². The van der Waals surface area contributed by atoms with Crippen molar-refractivity contribution in [2.24, 2.45) is 23.2 Å². The zero-order chi connectivity index (χ0) is 43.1. The monoisotopic (exact) mass is 858 g/mol. The van der Waals surface area contributed by atoms with E-state index in [4.69, 9.17) is 24.2 Å². The Morgan fingerprint density at radius 2 is 1.82 bits per heavy atom. The molecule has 2 saturated carbocycles. The van der Waals surface area contributed by atoms with Crippen molar-refractivity contribution in [2.45, 2.75) is 140 Å². The molecule has 18 heteroatoms. The summed E-state index contributed by atoms with van der Waals surface area (Å²) in [6.45, 7) is 6.88. The van der Waals surface area contributed by atoms with Crippen LogP contribution in [0.4, 0.5) is 13.6 Å². The van der Waals surface area contributed by atoms with Gasteiger partial charge in [-0.3, -0.25) is 19.1 Å². The molecule has 0 radical (unpaired) electrons. The molecule has 2 bridgehead atoms. The highest BCUT2D eigenvalue weighted by molar-refractivity contribution is 7.91. The Morgan fingerprint density at radius 1 is 1.05 bits per heavy atom. The van der Waals surface area contributed by atoms with E-state index >= 15 is 0 Å². The number of benzene rings is 1. The molecule has 2 aliphatic heterocycles. The maximum absolute atomic E-state index is 15.0.